The number of carbonyl (C=O) groups is 2. The van der Waals surface area contributed by atoms with Crippen LogP contribution in [0.3, 0.4) is 0 Å². The summed E-state index contributed by atoms with van der Waals surface area (Å²) in [7, 11) is 0. The van der Waals surface area contributed by atoms with Crippen LogP contribution >= 0.6 is 0 Å². The van der Waals surface area contributed by atoms with Crippen molar-refractivity contribution in [3.8, 4) is 0 Å². The molecular weight excluding hydrogens is 302 g/mol. The SMILES string of the molecule is C/C(=N\NC(=O)CN1C(=O)c2cccc3cccc1c23)C(C)(C)C. The van der Waals surface area contributed by atoms with E-state index >= 15 is 0 Å². The van der Waals surface area contributed by atoms with Gasteiger partial charge in [0.25, 0.3) is 11.8 Å². The standard InChI is InChI=1S/C19H21N3O2/c1-12(19(2,3)4)20-21-16(23)11-22-15-10-6-8-13-7-5-9-14(17(13)15)18(22)24/h5-10H,11H2,1-4H3,(H,21,23)/b20-12+. The van der Waals surface area contributed by atoms with E-state index in [9.17, 15) is 9.59 Å². The van der Waals surface area contributed by atoms with Crippen LogP contribution in [0.2, 0.25) is 0 Å². The van der Waals surface area contributed by atoms with E-state index in [0.29, 0.717) is 5.56 Å². The van der Waals surface area contributed by atoms with Crippen molar-refractivity contribution in [1.82, 2.24) is 5.43 Å². The molecule has 0 saturated carbocycles. The molecule has 2 amide bonds. The molecule has 24 heavy (non-hydrogen) atoms. The molecule has 1 aliphatic heterocycles. The molecule has 1 heterocycles. The summed E-state index contributed by atoms with van der Waals surface area (Å²) in [6.07, 6.45) is 0. The van der Waals surface area contributed by atoms with E-state index in [4.69, 9.17) is 0 Å². The summed E-state index contributed by atoms with van der Waals surface area (Å²) in [5.74, 6) is -0.453. The Balaban J connectivity index is 1.82. The normalized spacial score (nSPS) is 14.4. The number of hydrogen-bond donors (Lipinski definition) is 1. The molecule has 0 aromatic heterocycles. The summed E-state index contributed by atoms with van der Waals surface area (Å²) < 4.78 is 0. The molecule has 0 spiro atoms. The number of benzene rings is 2. The molecule has 0 saturated heterocycles. The Bertz CT molecular complexity index is 857. The Labute approximate surface area is 141 Å². The van der Waals surface area contributed by atoms with Crippen LogP contribution in [-0.2, 0) is 4.79 Å². The van der Waals surface area contributed by atoms with Crippen LogP contribution in [0.1, 0.15) is 38.1 Å². The van der Waals surface area contributed by atoms with Crippen LogP contribution in [0, 0.1) is 5.41 Å². The Kier molecular flexibility index (Phi) is 3.87. The average Bonchev–Trinajstić information content (AvgIpc) is 2.80. The largest absolute Gasteiger partial charge is 0.298 e. The van der Waals surface area contributed by atoms with Crippen LogP contribution < -0.4 is 10.3 Å². The third-order valence-corrected chi connectivity index (χ3v) is 4.38. The van der Waals surface area contributed by atoms with Gasteiger partial charge in [-0.2, -0.15) is 5.10 Å². The fourth-order valence-electron chi connectivity index (χ4n) is 2.63. The van der Waals surface area contributed by atoms with Gasteiger partial charge in [0.2, 0.25) is 0 Å². The summed E-state index contributed by atoms with van der Waals surface area (Å²) in [5, 5.41) is 6.05. The van der Waals surface area contributed by atoms with Crippen molar-refractivity contribution in [2.24, 2.45) is 10.5 Å². The summed E-state index contributed by atoms with van der Waals surface area (Å²) in [5.41, 5.74) is 4.69. The monoisotopic (exact) mass is 323 g/mol. The maximum absolute atomic E-state index is 12.6. The lowest BCUT2D eigenvalue weighted by molar-refractivity contribution is -0.119. The van der Waals surface area contributed by atoms with Crippen LogP contribution in [-0.4, -0.2) is 24.1 Å². The van der Waals surface area contributed by atoms with Crippen LogP contribution in [0.5, 0.6) is 0 Å². The van der Waals surface area contributed by atoms with Crippen molar-refractivity contribution in [1.29, 1.82) is 0 Å². The molecule has 5 nitrogen and oxygen atoms in total. The van der Waals surface area contributed by atoms with E-state index in [1.807, 2.05) is 58.0 Å². The molecule has 0 aliphatic carbocycles. The third kappa shape index (κ3) is 2.77. The van der Waals surface area contributed by atoms with Gasteiger partial charge in [0.05, 0.1) is 5.69 Å². The predicted octanol–water partition coefficient (Wildman–Crippen LogP) is 3.34. The summed E-state index contributed by atoms with van der Waals surface area (Å²) >= 11 is 0. The van der Waals surface area contributed by atoms with Gasteiger partial charge in [-0.25, -0.2) is 5.43 Å². The number of nitrogens with one attached hydrogen (secondary N) is 1. The molecule has 2 aromatic carbocycles. The Morgan fingerprint density at radius 3 is 2.50 bits per heavy atom. The third-order valence-electron chi connectivity index (χ3n) is 4.38. The first-order valence-corrected chi connectivity index (χ1v) is 7.96. The minimum absolute atomic E-state index is 0.0481. The van der Waals surface area contributed by atoms with Gasteiger partial charge in [-0.15, -0.1) is 0 Å². The molecule has 0 bridgehead atoms. The first-order valence-electron chi connectivity index (χ1n) is 7.96. The van der Waals surface area contributed by atoms with Gasteiger partial charge in [-0.1, -0.05) is 45.0 Å². The molecule has 2 aromatic rings. The number of amides is 2. The van der Waals surface area contributed by atoms with E-state index in [-0.39, 0.29) is 23.8 Å². The fraction of sp³-hybridized carbons (Fsp3) is 0.316. The number of carbonyl (C=O) groups excluding carboxylic acids is 2. The molecule has 1 N–H and O–H groups in total. The van der Waals surface area contributed by atoms with Crippen molar-refractivity contribution in [2.45, 2.75) is 27.7 Å². The van der Waals surface area contributed by atoms with Crippen LogP contribution in [0.25, 0.3) is 10.8 Å². The van der Waals surface area contributed by atoms with E-state index in [2.05, 4.69) is 10.5 Å². The summed E-state index contributed by atoms with van der Waals surface area (Å²) in [6, 6.07) is 11.4. The zero-order valence-corrected chi connectivity index (χ0v) is 14.4. The highest BCUT2D eigenvalue weighted by Gasteiger charge is 2.30. The second-order valence-electron chi connectivity index (χ2n) is 7.05. The van der Waals surface area contributed by atoms with Crippen LogP contribution in [0.15, 0.2) is 41.5 Å². The van der Waals surface area contributed by atoms with Crippen molar-refractivity contribution in [3.63, 3.8) is 0 Å². The number of hydrazone groups is 1. The lowest BCUT2D eigenvalue weighted by Crippen LogP contribution is -2.38. The fourth-order valence-corrected chi connectivity index (χ4v) is 2.63. The van der Waals surface area contributed by atoms with E-state index in [1.165, 1.54) is 4.90 Å². The lowest BCUT2D eigenvalue weighted by atomic mass is 9.91. The van der Waals surface area contributed by atoms with Gasteiger partial charge in [0, 0.05) is 22.1 Å². The zero-order valence-electron chi connectivity index (χ0n) is 14.4. The smallest absolute Gasteiger partial charge is 0.260 e. The minimum atomic E-state index is -0.309. The second-order valence-corrected chi connectivity index (χ2v) is 7.05. The van der Waals surface area contributed by atoms with Gasteiger partial charge in [0.1, 0.15) is 6.54 Å². The topological polar surface area (TPSA) is 61.8 Å². The highest BCUT2D eigenvalue weighted by atomic mass is 16.2. The van der Waals surface area contributed by atoms with Crippen molar-refractivity contribution < 1.29 is 9.59 Å². The number of nitrogens with zero attached hydrogens (tertiary/aromatic N) is 2. The highest BCUT2D eigenvalue weighted by Crippen LogP contribution is 2.36. The predicted molar refractivity (Wildman–Crippen MR) is 96.3 cm³/mol. The molecule has 0 radical (unpaired) electrons. The van der Waals surface area contributed by atoms with Crippen LogP contribution in [0.4, 0.5) is 5.69 Å². The second kappa shape index (κ2) is 5.74. The minimum Gasteiger partial charge on any atom is -0.298 e. The molecule has 124 valence electrons. The molecule has 1 aliphatic rings. The Hall–Kier alpha value is -2.69. The van der Waals surface area contributed by atoms with E-state index < -0.39 is 0 Å². The van der Waals surface area contributed by atoms with Gasteiger partial charge in [-0.3, -0.25) is 14.5 Å². The molecule has 0 fully saturated rings. The first-order chi connectivity index (χ1) is 11.3. The van der Waals surface area contributed by atoms with Crippen molar-refractivity contribution in [2.75, 3.05) is 11.4 Å². The molecular formula is C19H21N3O2. The number of hydrogen-bond acceptors (Lipinski definition) is 3. The lowest BCUT2D eigenvalue weighted by Gasteiger charge is -2.19. The van der Waals surface area contributed by atoms with Gasteiger partial charge < -0.3 is 0 Å². The first kappa shape index (κ1) is 16.2. The number of rotatable bonds is 3. The molecule has 3 rings (SSSR count). The Morgan fingerprint density at radius 1 is 1.17 bits per heavy atom. The number of anilines is 1. The maximum Gasteiger partial charge on any atom is 0.260 e. The maximum atomic E-state index is 12.6. The Morgan fingerprint density at radius 2 is 1.83 bits per heavy atom. The van der Waals surface area contributed by atoms with Gasteiger partial charge >= 0.3 is 0 Å². The van der Waals surface area contributed by atoms with Gasteiger partial charge in [-0.05, 0) is 24.4 Å². The van der Waals surface area contributed by atoms with Crippen molar-refractivity contribution >= 4 is 34.0 Å². The van der Waals surface area contributed by atoms with Crippen molar-refractivity contribution in [3.05, 3.63) is 42.0 Å². The van der Waals surface area contributed by atoms with Gasteiger partial charge in [0.15, 0.2) is 0 Å². The molecule has 5 heteroatoms. The summed E-state index contributed by atoms with van der Waals surface area (Å²) in [6.45, 7) is 7.91. The highest BCUT2D eigenvalue weighted by molar-refractivity contribution is 6.26. The van der Waals surface area contributed by atoms with E-state index in [0.717, 1.165) is 22.2 Å². The van der Waals surface area contributed by atoms with E-state index in [1.54, 1.807) is 6.07 Å². The zero-order chi connectivity index (χ0) is 17.5. The molecule has 0 atom stereocenters. The average molecular weight is 323 g/mol. The quantitative estimate of drug-likeness (QED) is 0.695. The summed E-state index contributed by atoms with van der Waals surface area (Å²) in [4.78, 5) is 26.4. The molecule has 0 unspecified atom stereocenters.